The molecule has 2 aliphatic rings. The van der Waals surface area contributed by atoms with E-state index in [4.69, 9.17) is 0 Å². The van der Waals surface area contributed by atoms with Gasteiger partial charge in [0.15, 0.2) is 0 Å². The minimum Gasteiger partial charge on any atom is -0.396 e. The molecular formula is C19H28O. The van der Waals surface area contributed by atoms with Gasteiger partial charge in [0.25, 0.3) is 0 Å². The van der Waals surface area contributed by atoms with Crippen LogP contribution in [0.2, 0.25) is 0 Å². The van der Waals surface area contributed by atoms with Gasteiger partial charge in [-0.2, -0.15) is 0 Å². The van der Waals surface area contributed by atoms with Crippen molar-refractivity contribution in [2.24, 2.45) is 16.7 Å². The maximum absolute atomic E-state index is 9.63. The van der Waals surface area contributed by atoms with Crippen molar-refractivity contribution in [2.45, 2.75) is 47.0 Å². The Bertz CT molecular complexity index is 476. The van der Waals surface area contributed by atoms with Gasteiger partial charge < -0.3 is 5.11 Å². The minimum atomic E-state index is 0.0676. The topological polar surface area (TPSA) is 20.2 Å². The Kier molecular flexibility index (Phi) is 4.39. The SMILES string of the molecule is CC1=C(/C=C\C2(C)C=CC=CC2)C(C)(C)C(CO)CC1. The zero-order chi connectivity index (χ0) is 14.8. The monoisotopic (exact) mass is 272 g/mol. The van der Waals surface area contributed by atoms with Gasteiger partial charge in [0, 0.05) is 12.0 Å². The van der Waals surface area contributed by atoms with Gasteiger partial charge in [0.1, 0.15) is 0 Å². The molecule has 2 atom stereocenters. The molecule has 2 unspecified atom stereocenters. The van der Waals surface area contributed by atoms with Crippen LogP contribution in [-0.2, 0) is 0 Å². The molecule has 0 amide bonds. The van der Waals surface area contributed by atoms with E-state index < -0.39 is 0 Å². The first kappa shape index (κ1) is 15.3. The molecule has 0 radical (unpaired) electrons. The summed E-state index contributed by atoms with van der Waals surface area (Å²) in [4.78, 5) is 0. The maximum atomic E-state index is 9.63. The maximum Gasteiger partial charge on any atom is 0.0467 e. The summed E-state index contributed by atoms with van der Waals surface area (Å²) in [5.74, 6) is 0.375. The van der Waals surface area contributed by atoms with Crippen LogP contribution in [0.4, 0.5) is 0 Å². The Hall–Kier alpha value is -1.08. The summed E-state index contributed by atoms with van der Waals surface area (Å²) >= 11 is 0. The van der Waals surface area contributed by atoms with E-state index in [9.17, 15) is 5.11 Å². The van der Waals surface area contributed by atoms with Crippen LogP contribution in [0.15, 0.2) is 47.6 Å². The Labute approximate surface area is 123 Å². The standard InChI is InChI=1S/C19H28O/c1-15-8-9-16(14-20)18(2,3)17(15)10-13-19(4)11-6-5-7-12-19/h5-7,10-11,13,16,20H,8-9,12,14H2,1-4H3/b13-10-. The average Bonchev–Trinajstić information content (AvgIpc) is 2.38. The van der Waals surface area contributed by atoms with Crippen molar-refractivity contribution < 1.29 is 5.11 Å². The lowest BCUT2D eigenvalue weighted by Gasteiger charge is -2.40. The Balaban J connectivity index is 2.26. The van der Waals surface area contributed by atoms with Gasteiger partial charge in [0.05, 0.1) is 0 Å². The molecule has 2 rings (SSSR count). The highest BCUT2D eigenvalue weighted by Crippen LogP contribution is 2.45. The van der Waals surface area contributed by atoms with Gasteiger partial charge in [-0.1, -0.05) is 62.8 Å². The molecule has 0 aromatic heterocycles. The number of allylic oxidation sites excluding steroid dienone is 8. The molecule has 20 heavy (non-hydrogen) atoms. The van der Waals surface area contributed by atoms with E-state index >= 15 is 0 Å². The van der Waals surface area contributed by atoms with Crippen LogP contribution in [0.3, 0.4) is 0 Å². The van der Waals surface area contributed by atoms with Gasteiger partial charge in [-0.05, 0) is 43.1 Å². The highest BCUT2D eigenvalue weighted by Gasteiger charge is 2.36. The molecule has 0 bridgehead atoms. The molecule has 1 heteroatoms. The molecule has 0 spiro atoms. The first-order valence-electron chi connectivity index (χ1n) is 7.74. The third-order valence-electron chi connectivity index (χ3n) is 5.18. The lowest BCUT2D eigenvalue weighted by Crippen LogP contribution is -2.32. The number of rotatable bonds is 3. The van der Waals surface area contributed by atoms with Crippen molar-refractivity contribution in [1.82, 2.24) is 0 Å². The molecule has 0 aromatic carbocycles. The van der Waals surface area contributed by atoms with Crippen LogP contribution in [0.25, 0.3) is 0 Å². The molecule has 1 N–H and O–H groups in total. The second-order valence-corrected chi connectivity index (χ2v) is 7.16. The number of hydrogen-bond donors (Lipinski definition) is 1. The second kappa shape index (κ2) is 5.73. The molecule has 0 saturated carbocycles. The normalized spacial score (nSPS) is 33.1. The lowest BCUT2D eigenvalue weighted by atomic mass is 9.65. The highest BCUT2D eigenvalue weighted by molar-refractivity contribution is 5.36. The van der Waals surface area contributed by atoms with Crippen LogP contribution >= 0.6 is 0 Å². The fraction of sp³-hybridized carbons (Fsp3) is 0.579. The van der Waals surface area contributed by atoms with E-state index in [-0.39, 0.29) is 17.4 Å². The fourth-order valence-electron chi connectivity index (χ4n) is 3.47. The van der Waals surface area contributed by atoms with Crippen LogP contribution in [0.5, 0.6) is 0 Å². The Morgan fingerprint density at radius 1 is 1.30 bits per heavy atom. The van der Waals surface area contributed by atoms with E-state index in [1.54, 1.807) is 0 Å². The van der Waals surface area contributed by atoms with Gasteiger partial charge in [-0.3, -0.25) is 0 Å². The highest BCUT2D eigenvalue weighted by atomic mass is 16.3. The molecule has 0 saturated heterocycles. The number of hydrogen-bond acceptors (Lipinski definition) is 1. The van der Waals surface area contributed by atoms with Gasteiger partial charge in [-0.15, -0.1) is 0 Å². The quantitative estimate of drug-likeness (QED) is 0.781. The Morgan fingerprint density at radius 2 is 2.05 bits per heavy atom. The molecule has 0 heterocycles. The summed E-state index contributed by atoms with van der Waals surface area (Å²) < 4.78 is 0. The van der Waals surface area contributed by atoms with Crippen molar-refractivity contribution in [3.8, 4) is 0 Å². The van der Waals surface area contributed by atoms with Crippen LogP contribution in [0, 0.1) is 16.7 Å². The van der Waals surface area contributed by atoms with E-state index in [1.807, 2.05) is 0 Å². The van der Waals surface area contributed by atoms with E-state index in [2.05, 4.69) is 64.2 Å². The third-order valence-corrected chi connectivity index (χ3v) is 5.18. The zero-order valence-corrected chi connectivity index (χ0v) is 13.3. The lowest BCUT2D eigenvalue weighted by molar-refractivity contribution is 0.128. The smallest absolute Gasteiger partial charge is 0.0467 e. The van der Waals surface area contributed by atoms with Crippen molar-refractivity contribution in [2.75, 3.05) is 6.61 Å². The first-order valence-corrected chi connectivity index (χ1v) is 7.74. The van der Waals surface area contributed by atoms with E-state index in [0.717, 1.165) is 19.3 Å². The summed E-state index contributed by atoms with van der Waals surface area (Å²) in [5.41, 5.74) is 3.10. The van der Waals surface area contributed by atoms with Crippen LogP contribution in [0.1, 0.15) is 47.0 Å². The van der Waals surface area contributed by atoms with E-state index in [1.165, 1.54) is 11.1 Å². The molecule has 0 fully saturated rings. The summed E-state index contributed by atoms with van der Waals surface area (Å²) in [6.07, 6.45) is 16.7. The molecular weight excluding hydrogens is 244 g/mol. The predicted molar refractivity (Wildman–Crippen MR) is 86.4 cm³/mol. The van der Waals surface area contributed by atoms with E-state index in [0.29, 0.717) is 5.92 Å². The largest absolute Gasteiger partial charge is 0.396 e. The third kappa shape index (κ3) is 2.98. The molecule has 0 aromatic rings. The average molecular weight is 272 g/mol. The summed E-state index contributed by atoms with van der Waals surface area (Å²) in [6.45, 7) is 9.36. The summed E-state index contributed by atoms with van der Waals surface area (Å²) in [6, 6.07) is 0. The van der Waals surface area contributed by atoms with Crippen molar-refractivity contribution in [1.29, 1.82) is 0 Å². The Morgan fingerprint density at radius 3 is 2.65 bits per heavy atom. The zero-order valence-electron chi connectivity index (χ0n) is 13.3. The number of aliphatic hydroxyl groups is 1. The molecule has 2 aliphatic carbocycles. The van der Waals surface area contributed by atoms with Crippen molar-refractivity contribution in [3.63, 3.8) is 0 Å². The number of aliphatic hydroxyl groups excluding tert-OH is 1. The van der Waals surface area contributed by atoms with Crippen molar-refractivity contribution >= 4 is 0 Å². The van der Waals surface area contributed by atoms with Crippen LogP contribution < -0.4 is 0 Å². The fourth-order valence-corrected chi connectivity index (χ4v) is 3.47. The van der Waals surface area contributed by atoms with Gasteiger partial charge in [0.2, 0.25) is 0 Å². The van der Waals surface area contributed by atoms with Crippen molar-refractivity contribution in [3.05, 3.63) is 47.6 Å². The first-order chi connectivity index (χ1) is 9.39. The molecule has 110 valence electrons. The van der Waals surface area contributed by atoms with Gasteiger partial charge in [-0.25, -0.2) is 0 Å². The predicted octanol–water partition coefficient (Wildman–Crippen LogP) is 4.81. The molecule has 1 nitrogen and oxygen atoms in total. The summed E-state index contributed by atoms with van der Waals surface area (Å²) in [5, 5.41) is 9.63. The minimum absolute atomic E-state index is 0.0676. The molecule has 0 aliphatic heterocycles. The second-order valence-electron chi connectivity index (χ2n) is 7.16. The summed E-state index contributed by atoms with van der Waals surface area (Å²) in [7, 11) is 0. The van der Waals surface area contributed by atoms with Gasteiger partial charge >= 0.3 is 0 Å². The van der Waals surface area contributed by atoms with Crippen LogP contribution in [-0.4, -0.2) is 11.7 Å².